The van der Waals surface area contributed by atoms with Gasteiger partial charge in [-0.3, -0.25) is 19.7 Å². The van der Waals surface area contributed by atoms with Gasteiger partial charge in [-0.2, -0.15) is 0 Å². The zero-order valence-corrected chi connectivity index (χ0v) is 12.4. The van der Waals surface area contributed by atoms with Crippen LogP contribution in [0.25, 0.3) is 0 Å². The van der Waals surface area contributed by atoms with Gasteiger partial charge in [0.2, 0.25) is 5.91 Å². The van der Waals surface area contributed by atoms with E-state index >= 15 is 0 Å². The van der Waals surface area contributed by atoms with E-state index in [0.717, 1.165) is 5.56 Å². The van der Waals surface area contributed by atoms with E-state index in [9.17, 15) is 19.7 Å². The van der Waals surface area contributed by atoms with E-state index in [0.29, 0.717) is 0 Å². The van der Waals surface area contributed by atoms with Crippen LogP contribution in [0.1, 0.15) is 22.8 Å². The lowest BCUT2D eigenvalue weighted by Crippen LogP contribution is -2.23. The average molecular weight is 313 g/mol. The van der Waals surface area contributed by atoms with Crippen molar-refractivity contribution in [1.82, 2.24) is 5.32 Å². The maximum Gasteiger partial charge on any atom is 0.284 e. The highest BCUT2D eigenvalue weighted by Crippen LogP contribution is 2.23. The summed E-state index contributed by atoms with van der Waals surface area (Å²) in [5, 5.41) is 16.2. The van der Waals surface area contributed by atoms with E-state index < -0.39 is 10.8 Å². The van der Waals surface area contributed by atoms with Gasteiger partial charge in [-0.25, -0.2) is 0 Å². The van der Waals surface area contributed by atoms with Gasteiger partial charge in [0, 0.05) is 25.2 Å². The summed E-state index contributed by atoms with van der Waals surface area (Å²) in [4.78, 5) is 33.7. The number of nitro groups is 1. The first-order valence-electron chi connectivity index (χ1n) is 6.85. The van der Waals surface area contributed by atoms with Crippen molar-refractivity contribution in [2.75, 3.05) is 5.32 Å². The Labute approximate surface area is 132 Å². The van der Waals surface area contributed by atoms with Crippen molar-refractivity contribution in [1.29, 1.82) is 0 Å². The predicted octanol–water partition coefficient (Wildman–Crippen LogP) is 2.48. The largest absolute Gasteiger partial charge is 0.348 e. The molecule has 0 aliphatic carbocycles. The first-order valence-corrected chi connectivity index (χ1v) is 6.85. The summed E-state index contributed by atoms with van der Waals surface area (Å²) in [5.41, 5.74) is 0.740. The summed E-state index contributed by atoms with van der Waals surface area (Å²) in [6, 6.07) is 13.2. The molecule has 0 aromatic heterocycles. The quantitative estimate of drug-likeness (QED) is 0.654. The summed E-state index contributed by atoms with van der Waals surface area (Å²) >= 11 is 0. The van der Waals surface area contributed by atoms with Crippen LogP contribution in [-0.4, -0.2) is 16.7 Å². The number of carbonyl (C=O) groups is 2. The Morgan fingerprint density at radius 2 is 1.83 bits per heavy atom. The van der Waals surface area contributed by atoms with Gasteiger partial charge < -0.3 is 10.6 Å². The average Bonchev–Trinajstić information content (AvgIpc) is 2.53. The van der Waals surface area contributed by atoms with E-state index in [4.69, 9.17) is 0 Å². The fourth-order valence-electron chi connectivity index (χ4n) is 2.03. The normalized spacial score (nSPS) is 9.96. The van der Waals surface area contributed by atoms with Crippen LogP contribution in [0.4, 0.5) is 11.4 Å². The van der Waals surface area contributed by atoms with Gasteiger partial charge in [0.05, 0.1) is 4.92 Å². The molecule has 0 fully saturated rings. The molecule has 23 heavy (non-hydrogen) atoms. The van der Waals surface area contributed by atoms with Gasteiger partial charge in [-0.15, -0.1) is 0 Å². The number of nitrogens with zero attached hydrogens (tertiary/aromatic N) is 1. The first kappa shape index (κ1) is 16.2. The molecule has 0 heterocycles. The maximum absolute atomic E-state index is 12.2. The number of hydrogen-bond donors (Lipinski definition) is 2. The summed E-state index contributed by atoms with van der Waals surface area (Å²) in [7, 11) is 0. The van der Waals surface area contributed by atoms with E-state index in [-0.39, 0.29) is 29.4 Å². The predicted molar refractivity (Wildman–Crippen MR) is 85.0 cm³/mol. The molecule has 2 N–H and O–H groups in total. The van der Waals surface area contributed by atoms with Crippen molar-refractivity contribution in [3.05, 3.63) is 69.8 Å². The van der Waals surface area contributed by atoms with Crippen molar-refractivity contribution in [3.63, 3.8) is 0 Å². The summed E-state index contributed by atoms with van der Waals surface area (Å²) in [6.07, 6.45) is 0. The number of benzene rings is 2. The zero-order chi connectivity index (χ0) is 16.8. The monoisotopic (exact) mass is 313 g/mol. The topological polar surface area (TPSA) is 101 Å². The maximum atomic E-state index is 12.2. The molecule has 118 valence electrons. The van der Waals surface area contributed by atoms with Crippen molar-refractivity contribution in [2.24, 2.45) is 0 Å². The second-order valence-corrected chi connectivity index (χ2v) is 4.84. The Kier molecular flexibility index (Phi) is 5.03. The molecule has 0 aliphatic rings. The van der Waals surface area contributed by atoms with Crippen LogP contribution in [0.3, 0.4) is 0 Å². The second-order valence-electron chi connectivity index (χ2n) is 4.84. The van der Waals surface area contributed by atoms with Crippen LogP contribution in [0, 0.1) is 10.1 Å². The van der Waals surface area contributed by atoms with Gasteiger partial charge in [-0.05, 0) is 17.7 Å². The molecule has 0 aliphatic heterocycles. The molecule has 7 heteroatoms. The lowest BCUT2D eigenvalue weighted by molar-refractivity contribution is -0.385. The molecule has 2 aromatic carbocycles. The van der Waals surface area contributed by atoms with E-state index in [1.807, 2.05) is 30.3 Å². The Hall–Kier alpha value is -3.22. The highest BCUT2D eigenvalue weighted by atomic mass is 16.6. The van der Waals surface area contributed by atoms with Gasteiger partial charge in [0.25, 0.3) is 11.6 Å². The Morgan fingerprint density at radius 3 is 2.43 bits per heavy atom. The van der Waals surface area contributed by atoms with Gasteiger partial charge in [-0.1, -0.05) is 30.3 Å². The Bertz CT molecular complexity index is 744. The molecule has 2 aromatic rings. The van der Waals surface area contributed by atoms with Crippen LogP contribution in [0.15, 0.2) is 48.5 Å². The molecule has 2 amide bonds. The Morgan fingerprint density at radius 1 is 1.13 bits per heavy atom. The van der Waals surface area contributed by atoms with Gasteiger partial charge in [0.15, 0.2) is 0 Å². The highest BCUT2D eigenvalue weighted by molar-refractivity contribution is 5.99. The molecular weight excluding hydrogens is 298 g/mol. The minimum atomic E-state index is -0.650. The fraction of sp³-hybridized carbons (Fsp3) is 0.125. The molecule has 0 saturated heterocycles. The lowest BCUT2D eigenvalue weighted by Gasteiger charge is -2.08. The molecular formula is C16H15N3O4. The van der Waals surface area contributed by atoms with Gasteiger partial charge >= 0.3 is 0 Å². The molecule has 0 radical (unpaired) electrons. The number of nitro benzene ring substituents is 1. The van der Waals surface area contributed by atoms with Crippen LogP contribution in [0.2, 0.25) is 0 Å². The number of nitrogens with one attached hydrogen (secondary N) is 2. The molecule has 0 bridgehead atoms. The van der Waals surface area contributed by atoms with E-state index in [1.54, 1.807) is 0 Å². The fourth-order valence-corrected chi connectivity index (χ4v) is 2.03. The van der Waals surface area contributed by atoms with Crippen molar-refractivity contribution >= 4 is 23.2 Å². The number of carbonyl (C=O) groups excluding carboxylic acids is 2. The molecule has 0 spiro atoms. The van der Waals surface area contributed by atoms with Crippen LogP contribution < -0.4 is 10.6 Å². The van der Waals surface area contributed by atoms with Gasteiger partial charge in [0.1, 0.15) is 5.56 Å². The highest BCUT2D eigenvalue weighted by Gasteiger charge is 2.20. The van der Waals surface area contributed by atoms with Crippen LogP contribution in [-0.2, 0) is 11.3 Å². The lowest BCUT2D eigenvalue weighted by atomic mass is 10.1. The summed E-state index contributed by atoms with van der Waals surface area (Å²) < 4.78 is 0. The molecule has 7 nitrogen and oxygen atoms in total. The number of amides is 2. The number of hydrogen-bond acceptors (Lipinski definition) is 4. The Balaban J connectivity index is 2.18. The third kappa shape index (κ3) is 4.37. The third-order valence-electron chi connectivity index (χ3n) is 3.06. The molecule has 0 unspecified atom stereocenters. The SMILES string of the molecule is CC(=O)Nc1ccc(C(=O)NCc2ccccc2)c([N+](=O)[O-])c1. The molecule has 0 atom stereocenters. The van der Waals surface area contributed by atoms with Crippen LogP contribution in [0.5, 0.6) is 0 Å². The minimum Gasteiger partial charge on any atom is -0.348 e. The van der Waals surface area contributed by atoms with Crippen LogP contribution >= 0.6 is 0 Å². The minimum absolute atomic E-state index is 0.0555. The van der Waals surface area contributed by atoms with E-state index in [1.165, 1.54) is 25.1 Å². The first-order chi connectivity index (χ1) is 11.0. The molecule has 0 saturated carbocycles. The van der Waals surface area contributed by atoms with Crippen molar-refractivity contribution < 1.29 is 14.5 Å². The number of rotatable bonds is 5. The molecule has 2 rings (SSSR count). The zero-order valence-electron chi connectivity index (χ0n) is 12.4. The third-order valence-corrected chi connectivity index (χ3v) is 3.06. The summed E-state index contributed by atoms with van der Waals surface area (Å²) in [5.74, 6) is -0.893. The van der Waals surface area contributed by atoms with E-state index in [2.05, 4.69) is 10.6 Å². The number of anilines is 1. The second kappa shape index (κ2) is 7.17. The van der Waals surface area contributed by atoms with Crippen molar-refractivity contribution in [3.8, 4) is 0 Å². The smallest absolute Gasteiger partial charge is 0.284 e. The summed E-state index contributed by atoms with van der Waals surface area (Å²) in [6.45, 7) is 1.57. The van der Waals surface area contributed by atoms with Crippen molar-refractivity contribution in [2.45, 2.75) is 13.5 Å². The standard InChI is InChI=1S/C16H15N3O4/c1-11(20)18-13-7-8-14(15(9-13)19(22)23)16(21)17-10-12-5-3-2-4-6-12/h2-9H,10H2,1H3,(H,17,21)(H,18,20).